The van der Waals surface area contributed by atoms with Crippen molar-refractivity contribution in [1.82, 2.24) is 0 Å². The van der Waals surface area contributed by atoms with Crippen LogP contribution in [-0.2, 0) is 21.6 Å². The van der Waals surface area contributed by atoms with E-state index in [4.69, 9.17) is 0 Å². The predicted octanol–water partition coefficient (Wildman–Crippen LogP) is 1.18. The van der Waals surface area contributed by atoms with Crippen molar-refractivity contribution in [2.24, 2.45) is 7.05 Å². The average Bonchev–Trinajstić information content (AvgIpc) is 2.48. The number of nitro benzene ring substituents is 1. The summed E-state index contributed by atoms with van der Waals surface area (Å²) >= 11 is 0. The Hall–Kier alpha value is -2.36. The van der Waals surface area contributed by atoms with Gasteiger partial charge >= 0.3 is 0 Å². The zero-order valence-corrected chi connectivity index (χ0v) is 12.7. The van der Waals surface area contributed by atoms with Gasteiger partial charge in [-0.2, -0.15) is 0 Å². The van der Waals surface area contributed by atoms with Crippen LogP contribution in [0, 0.1) is 10.1 Å². The lowest BCUT2D eigenvalue weighted by Crippen LogP contribution is -2.25. The van der Waals surface area contributed by atoms with Crippen LogP contribution in [-0.4, -0.2) is 25.0 Å². The molecule has 1 aromatic heterocycles. The van der Waals surface area contributed by atoms with E-state index < -0.39 is 10.4 Å². The van der Waals surface area contributed by atoms with E-state index in [-0.39, 0.29) is 10.6 Å². The number of rotatable bonds is 3. The number of nitrogens with zero attached hydrogens (tertiary/aromatic N) is 2. The number of benzene rings is 1. The van der Waals surface area contributed by atoms with Gasteiger partial charge in [0, 0.05) is 24.3 Å². The molecule has 0 saturated heterocycles. The Morgan fingerprint density at radius 2 is 1.68 bits per heavy atom. The van der Waals surface area contributed by atoms with E-state index in [1.54, 1.807) is 12.1 Å². The van der Waals surface area contributed by atoms with Crippen molar-refractivity contribution in [2.75, 3.05) is 7.11 Å². The fraction of sp³-hybridized carbons (Fsp3) is 0.154. The molecule has 8 nitrogen and oxygen atoms in total. The number of hydrogen-bond acceptors (Lipinski definition) is 6. The van der Waals surface area contributed by atoms with E-state index in [1.165, 1.54) is 6.07 Å². The fourth-order valence-electron chi connectivity index (χ4n) is 1.49. The molecule has 9 heteroatoms. The lowest BCUT2D eigenvalue weighted by Gasteiger charge is -1.99. The van der Waals surface area contributed by atoms with Crippen LogP contribution in [0.25, 0.3) is 11.1 Å². The Labute approximate surface area is 127 Å². The third-order valence-electron chi connectivity index (χ3n) is 2.57. The van der Waals surface area contributed by atoms with Crippen LogP contribution in [0.3, 0.4) is 0 Å². The average molecular weight is 326 g/mol. The molecule has 0 bridgehead atoms. The molecule has 0 amide bonds. The second-order valence-corrected chi connectivity index (χ2v) is 5.28. The summed E-state index contributed by atoms with van der Waals surface area (Å²) < 4.78 is 32.9. The van der Waals surface area contributed by atoms with Crippen molar-refractivity contribution in [1.29, 1.82) is 0 Å². The molecule has 1 heterocycles. The summed E-state index contributed by atoms with van der Waals surface area (Å²) in [5.41, 5.74) is 1.95. The molecule has 0 N–H and O–H groups in total. The van der Waals surface area contributed by atoms with Crippen LogP contribution in [0.15, 0.2) is 48.8 Å². The highest BCUT2D eigenvalue weighted by Crippen LogP contribution is 2.22. The maximum absolute atomic E-state index is 10.6. The molecule has 0 unspecified atom stereocenters. The molecule has 0 aliphatic heterocycles. The molecule has 0 atom stereocenters. The number of aryl methyl sites for hydroxylation is 1. The van der Waals surface area contributed by atoms with Crippen LogP contribution in [0.2, 0.25) is 0 Å². The maximum Gasteiger partial charge on any atom is 0.270 e. The Balaban J connectivity index is 0.000000346. The van der Waals surface area contributed by atoms with Gasteiger partial charge in [-0.3, -0.25) is 14.3 Å². The second kappa shape index (κ2) is 7.59. The van der Waals surface area contributed by atoms with E-state index in [0.717, 1.165) is 18.2 Å². The molecule has 22 heavy (non-hydrogen) atoms. The monoisotopic (exact) mass is 326 g/mol. The van der Waals surface area contributed by atoms with E-state index in [9.17, 15) is 23.1 Å². The zero-order chi connectivity index (χ0) is 16.8. The maximum atomic E-state index is 10.6. The van der Waals surface area contributed by atoms with E-state index in [1.807, 2.05) is 42.2 Å². The zero-order valence-electron chi connectivity index (χ0n) is 11.9. The van der Waals surface area contributed by atoms with E-state index in [2.05, 4.69) is 4.18 Å². The number of aromatic nitrogens is 1. The van der Waals surface area contributed by atoms with Crippen molar-refractivity contribution in [3.63, 3.8) is 0 Å². The van der Waals surface area contributed by atoms with Crippen LogP contribution in [0.5, 0.6) is 0 Å². The third-order valence-corrected chi connectivity index (χ3v) is 2.98. The smallest absolute Gasteiger partial charge is 0.270 e. The number of hydrogen-bond donors (Lipinski definition) is 0. The first-order valence-electron chi connectivity index (χ1n) is 5.94. The third kappa shape index (κ3) is 5.95. The molecule has 1 aromatic carbocycles. The van der Waals surface area contributed by atoms with Crippen LogP contribution in [0.1, 0.15) is 0 Å². The highest BCUT2D eigenvalue weighted by Gasteiger charge is 2.07. The van der Waals surface area contributed by atoms with Gasteiger partial charge in [0.25, 0.3) is 5.69 Å². The van der Waals surface area contributed by atoms with Crippen LogP contribution in [0.4, 0.5) is 5.69 Å². The highest BCUT2D eigenvalue weighted by molar-refractivity contribution is 7.80. The molecule has 0 spiro atoms. The lowest BCUT2D eigenvalue weighted by atomic mass is 10.1. The van der Waals surface area contributed by atoms with Crippen molar-refractivity contribution in [3.8, 4) is 11.1 Å². The molecule has 0 aliphatic carbocycles. The first-order chi connectivity index (χ1) is 10.2. The summed E-state index contributed by atoms with van der Waals surface area (Å²) in [5, 5.41) is 10.6. The van der Waals surface area contributed by atoms with Gasteiger partial charge < -0.3 is 4.55 Å². The Morgan fingerprint density at radius 3 is 2.14 bits per heavy atom. The minimum atomic E-state index is -4.41. The molecular weight excluding hydrogens is 312 g/mol. The van der Waals surface area contributed by atoms with Crippen molar-refractivity contribution in [3.05, 3.63) is 58.9 Å². The van der Waals surface area contributed by atoms with Gasteiger partial charge in [-0.05, 0) is 11.1 Å². The topological polar surface area (TPSA) is 113 Å². The van der Waals surface area contributed by atoms with Crippen molar-refractivity contribution in [2.45, 2.75) is 0 Å². The second-order valence-electron chi connectivity index (χ2n) is 4.13. The van der Waals surface area contributed by atoms with Gasteiger partial charge in [0.1, 0.15) is 7.05 Å². The van der Waals surface area contributed by atoms with Gasteiger partial charge in [-0.25, -0.2) is 13.0 Å². The van der Waals surface area contributed by atoms with Gasteiger partial charge in [-0.15, -0.1) is 0 Å². The fourth-order valence-corrected chi connectivity index (χ4v) is 1.49. The quantitative estimate of drug-likeness (QED) is 0.275. The van der Waals surface area contributed by atoms with Crippen molar-refractivity contribution < 1.29 is 26.6 Å². The van der Waals surface area contributed by atoms with Crippen LogP contribution < -0.4 is 4.57 Å². The molecule has 0 fully saturated rings. The van der Waals surface area contributed by atoms with Crippen LogP contribution >= 0.6 is 0 Å². The van der Waals surface area contributed by atoms with Gasteiger partial charge in [0.05, 0.1) is 12.0 Å². The number of non-ortho nitro benzene ring substituents is 1. The first-order valence-corrected chi connectivity index (χ1v) is 7.28. The summed E-state index contributed by atoms with van der Waals surface area (Å²) in [7, 11) is -1.68. The summed E-state index contributed by atoms with van der Waals surface area (Å²) in [5.74, 6) is 0. The number of nitro groups is 1. The largest absolute Gasteiger partial charge is 0.726 e. The van der Waals surface area contributed by atoms with Gasteiger partial charge in [0.15, 0.2) is 12.4 Å². The molecule has 0 radical (unpaired) electrons. The first kappa shape index (κ1) is 17.7. The summed E-state index contributed by atoms with van der Waals surface area (Å²) in [4.78, 5) is 10.3. The summed E-state index contributed by atoms with van der Waals surface area (Å²) in [6.45, 7) is 0. The van der Waals surface area contributed by atoms with Gasteiger partial charge in [-0.1, -0.05) is 12.1 Å². The van der Waals surface area contributed by atoms with E-state index in [0.29, 0.717) is 0 Å². The van der Waals surface area contributed by atoms with E-state index >= 15 is 0 Å². The summed E-state index contributed by atoms with van der Waals surface area (Å²) in [6, 6.07) is 10.5. The molecule has 0 aliphatic rings. The normalized spacial score (nSPS) is 10.5. The summed E-state index contributed by atoms with van der Waals surface area (Å²) in [6.07, 6.45) is 3.82. The Kier molecular flexibility index (Phi) is 6.11. The van der Waals surface area contributed by atoms with Crippen molar-refractivity contribution >= 4 is 16.1 Å². The SMILES string of the molecule is COS(=O)(=O)[O-].C[n+]1ccc(-c2cccc([N+](=O)[O-])c2)cc1. The number of pyridine rings is 1. The molecular formula is C13H14N2O6S. The molecule has 2 rings (SSSR count). The van der Waals surface area contributed by atoms with Gasteiger partial charge in [0.2, 0.25) is 10.4 Å². The predicted molar refractivity (Wildman–Crippen MR) is 76.4 cm³/mol. The standard InChI is InChI=1S/C12H11N2O2.CH4O4S/c1-13-7-5-10(6-8-13)11-3-2-4-12(9-11)14(15)16;1-5-6(2,3)4/h2-9H,1H3;1H3,(H,2,3,4)/q+1;/p-1. The minimum absolute atomic E-state index is 0.116. The highest BCUT2D eigenvalue weighted by atomic mass is 32.3. The molecule has 0 saturated carbocycles. The minimum Gasteiger partial charge on any atom is -0.726 e. The Morgan fingerprint density at radius 1 is 1.14 bits per heavy atom. The molecule has 118 valence electrons. The Bertz CT molecular complexity index is 743. The molecule has 2 aromatic rings. The lowest BCUT2D eigenvalue weighted by molar-refractivity contribution is -0.671.